The smallest absolute Gasteiger partial charge is 0.271 e. The predicted octanol–water partition coefficient (Wildman–Crippen LogP) is 6.99. The van der Waals surface area contributed by atoms with Crippen molar-refractivity contribution in [2.45, 2.75) is 116 Å². The molecule has 0 aliphatic carbocycles. The third-order valence-corrected chi connectivity index (χ3v) is 12.4. The van der Waals surface area contributed by atoms with Gasteiger partial charge < -0.3 is 5.11 Å². The Labute approximate surface area is 281 Å². The highest BCUT2D eigenvalue weighted by Crippen LogP contribution is 2.36. The predicted molar refractivity (Wildman–Crippen MR) is 184 cm³/mol. The molecule has 0 radical (unpaired) electrons. The Morgan fingerprint density at radius 3 is 1.98 bits per heavy atom. The van der Waals surface area contributed by atoms with E-state index in [0.29, 0.717) is 19.4 Å². The van der Waals surface area contributed by atoms with Crippen LogP contribution in [-0.4, -0.2) is 61.3 Å². The molecule has 262 valence electrons. The first kappa shape index (κ1) is 40.1. The molecule has 0 aliphatic heterocycles. The molecule has 1 aromatic carbocycles. The zero-order chi connectivity index (χ0) is 35.4. The molecule has 0 saturated heterocycles. The summed E-state index contributed by atoms with van der Waals surface area (Å²) in [4.78, 5) is 12.9. The minimum Gasteiger partial charge on any atom is -0.493 e. The van der Waals surface area contributed by atoms with Crippen LogP contribution in [0, 0.1) is 24.2 Å². The molecule has 14 heteroatoms. The van der Waals surface area contributed by atoms with E-state index in [2.05, 4.69) is 17.2 Å². The van der Waals surface area contributed by atoms with Crippen molar-refractivity contribution in [3.8, 4) is 11.9 Å². The molecule has 2 rings (SSSR count). The molecule has 12 nitrogen and oxygen atoms in total. The monoisotopic (exact) mass is 692 g/mol. The van der Waals surface area contributed by atoms with Crippen LogP contribution in [-0.2, 0) is 26.6 Å². The van der Waals surface area contributed by atoms with Gasteiger partial charge in [0.2, 0.25) is 25.9 Å². The van der Waals surface area contributed by atoms with E-state index >= 15 is 0 Å². The Morgan fingerprint density at radius 2 is 1.47 bits per heavy atom. The van der Waals surface area contributed by atoms with Crippen LogP contribution in [0.15, 0.2) is 43.0 Å². The van der Waals surface area contributed by atoms with Crippen molar-refractivity contribution in [3.05, 3.63) is 39.7 Å². The number of hydrogen-bond acceptors (Lipinski definition) is 9. The average Bonchev–Trinajstić information content (AvgIpc) is 3.05. The zero-order valence-electron chi connectivity index (χ0n) is 29.0. The fourth-order valence-corrected chi connectivity index (χ4v) is 8.41. The van der Waals surface area contributed by atoms with Crippen molar-refractivity contribution in [1.29, 1.82) is 5.26 Å². The van der Waals surface area contributed by atoms with E-state index in [9.17, 15) is 32.0 Å². The molecule has 1 aromatic heterocycles. The van der Waals surface area contributed by atoms with Gasteiger partial charge >= 0.3 is 0 Å². The van der Waals surface area contributed by atoms with E-state index < -0.39 is 31.5 Å². The number of aromatic nitrogens is 1. The Morgan fingerprint density at radius 1 is 0.894 bits per heavy atom. The van der Waals surface area contributed by atoms with Gasteiger partial charge in [-0.1, -0.05) is 73.6 Å². The first-order chi connectivity index (χ1) is 22.3. The summed E-state index contributed by atoms with van der Waals surface area (Å²) < 4.78 is 58.8. The summed E-state index contributed by atoms with van der Waals surface area (Å²) >= 11 is 0. The molecule has 0 spiro atoms. The fourth-order valence-electron chi connectivity index (χ4n) is 5.31. The third-order valence-electron chi connectivity index (χ3n) is 8.42. The van der Waals surface area contributed by atoms with Crippen LogP contribution in [0.3, 0.4) is 0 Å². The number of aromatic hydroxyl groups is 1. The second kappa shape index (κ2) is 18.4. The molecule has 0 bridgehead atoms. The molecular weight excluding hydrogens is 641 g/mol. The van der Waals surface area contributed by atoms with Gasteiger partial charge in [0, 0.05) is 38.3 Å². The second-order valence-electron chi connectivity index (χ2n) is 11.6. The van der Waals surface area contributed by atoms with E-state index in [-0.39, 0.29) is 64.4 Å². The van der Waals surface area contributed by atoms with Crippen molar-refractivity contribution < 1.29 is 21.9 Å². The third kappa shape index (κ3) is 9.49. The molecule has 1 heterocycles. The van der Waals surface area contributed by atoms with Gasteiger partial charge in [-0.05, 0) is 50.3 Å². The number of pyridine rings is 1. The zero-order valence-corrected chi connectivity index (χ0v) is 30.6. The Bertz CT molecular complexity index is 1700. The molecule has 2 aromatic rings. The van der Waals surface area contributed by atoms with Crippen LogP contribution in [0.4, 0.5) is 11.4 Å². The van der Waals surface area contributed by atoms with E-state index in [4.69, 9.17) is 0 Å². The van der Waals surface area contributed by atoms with Crippen LogP contribution in [0.25, 0.3) is 0 Å². The number of azo groups is 1. The van der Waals surface area contributed by atoms with Crippen molar-refractivity contribution in [3.63, 3.8) is 0 Å². The lowest BCUT2D eigenvalue weighted by molar-refractivity contribution is 0.340. The highest BCUT2D eigenvalue weighted by atomic mass is 32.2. The summed E-state index contributed by atoms with van der Waals surface area (Å²) in [6.45, 7) is 14.0. The maximum Gasteiger partial charge on any atom is 0.271 e. The molecule has 0 fully saturated rings. The Hall–Kier alpha value is -3.12. The maximum absolute atomic E-state index is 13.9. The molecule has 1 N–H and O–H groups in total. The standard InChI is InChI=1S/C33H52N6O6S2/c1-8-14-17-26(11-4)24-39-32(40)28(23-34)25(7)31(33(39)41)36-35-29-22-27(46(42,43)37(12-5)20-15-9-2)18-19-30(29)47(44,45)38(13-6)21-16-10-3/h18-19,22,26,41H,8-17,20-21,24H2,1-7H3/b36-35+. The van der Waals surface area contributed by atoms with Gasteiger partial charge in [-0.2, -0.15) is 13.9 Å². The summed E-state index contributed by atoms with van der Waals surface area (Å²) in [5.74, 6) is -0.429. The number of nitrogens with zero attached hydrogens (tertiary/aromatic N) is 6. The fraction of sp³-hybridized carbons (Fsp3) is 0.636. The summed E-state index contributed by atoms with van der Waals surface area (Å²) in [6, 6.07) is 5.59. The van der Waals surface area contributed by atoms with Crippen molar-refractivity contribution >= 4 is 31.4 Å². The molecule has 0 saturated carbocycles. The first-order valence-corrected chi connectivity index (χ1v) is 19.6. The number of rotatable bonds is 20. The van der Waals surface area contributed by atoms with E-state index in [0.717, 1.165) is 43.1 Å². The number of nitriles is 1. The summed E-state index contributed by atoms with van der Waals surface area (Å²) in [6.07, 6.45) is 6.33. The molecule has 0 amide bonds. The Balaban J connectivity index is 2.87. The van der Waals surface area contributed by atoms with Gasteiger partial charge in [-0.25, -0.2) is 16.8 Å². The number of hydrogen-bond donors (Lipinski definition) is 1. The lowest BCUT2D eigenvalue weighted by Gasteiger charge is -2.23. The maximum atomic E-state index is 13.9. The van der Waals surface area contributed by atoms with Gasteiger partial charge in [0.05, 0.1) is 4.90 Å². The van der Waals surface area contributed by atoms with Crippen LogP contribution in [0.1, 0.15) is 104 Å². The average molecular weight is 693 g/mol. The molecule has 47 heavy (non-hydrogen) atoms. The number of benzene rings is 1. The highest BCUT2D eigenvalue weighted by molar-refractivity contribution is 7.89. The topological polar surface area (TPSA) is 165 Å². The molecule has 0 aliphatic rings. The molecule has 1 unspecified atom stereocenters. The first-order valence-electron chi connectivity index (χ1n) is 16.7. The van der Waals surface area contributed by atoms with Gasteiger partial charge in [-0.15, -0.1) is 10.2 Å². The van der Waals surface area contributed by atoms with Gasteiger partial charge in [0.1, 0.15) is 22.2 Å². The van der Waals surface area contributed by atoms with Gasteiger partial charge in [0.15, 0.2) is 5.69 Å². The SMILES string of the molecule is CCCCC(CC)Cn1c(O)c(/N=N/c2cc(S(=O)(=O)N(CC)CCCC)ccc2S(=O)(=O)N(CC)CCCC)c(C)c(C#N)c1=O. The van der Waals surface area contributed by atoms with Crippen LogP contribution < -0.4 is 5.56 Å². The highest BCUT2D eigenvalue weighted by Gasteiger charge is 2.30. The van der Waals surface area contributed by atoms with Crippen LogP contribution in [0.5, 0.6) is 5.88 Å². The van der Waals surface area contributed by atoms with Gasteiger partial charge in [-0.3, -0.25) is 9.36 Å². The Kier molecular flexibility index (Phi) is 15.7. The largest absolute Gasteiger partial charge is 0.493 e. The lowest BCUT2D eigenvalue weighted by atomic mass is 9.99. The number of unbranched alkanes of at least 4 members (excludes halogenated alkanes) is 3. The summed E-state index contributed by atoms with van der Waals surface area (Å²) in [5, 5.41) is 29.6. The summed E-state index contributed by atoms with van der Waals surface area (Å²) in [7, 11) is -8.14. The van der Waals surface area contributed by atoms with E-state index in [1.54, 1.807) is 13.8 Å². The van der Waals surface area contributed by atoms with Crippen molar-refractivity contribution in [2.75, 3.05) is 26.2 Å². The minimum atomic E-state index is -4.14. The molecular formula is C33H52N6O6S2. The van der Waals surface area contributed by atoms with Gasteiger partial charge in [0.25, 0.3) is 5.56 Å². The van der Waals surface area contributed by atoms with E-state index in [1.807, 2.05) is 26.8 Å². The normalized spacial score (nSPS) is 13.1. The number of sulfonamides is 2. The van der Waals surface area contributed by atoms with Crippen LogP contribution in [0.2, 0.25) is 0 Å². The minimum absolute atomic E-state index is 0.0635. The van der Waals surface area contributed by atoms with Crippen LogP contribution >= 0.6 is 0 Å². The van der Waals surface area contributed by atoms with Crippen molar-refractivity contribution in [1.82, 2.24) is 13.2 Å². The molecule has 1 atom stereocenters. The van der Waals surface area contributed by atoms with E-state index in [1.165, 1.54) is 33.7 Å². The quantitative estimate of drug-likeness (QED) is 0.146. The van der Waals surface area contributed by atoms with Crippen molar-refractivity contribution in [2.24, 2.45) is 16.1 Å². The lowest BCUT2D eigenvalue weighted by Crippen LogP contribution is -2.33. The summed E-state index contributed by atoms with van der Waals surface area (Å²) in [5.41, 5.74) is -1.18. The second-order valence-corrected chi connectivity index (χ2v) is 15.5.